The summed E-state index contributed by atoms with van der Waals surface area (Å²) in [4.78, 5) is 24.3. The van der Waals surface area contributed by atoms with Crippen LogP contribution in [0.2, 0.25) is 0 Å². The van der Waals surface area contributed by atoms with Gasteiger partial charge in [-0.05, 0) is 48.9 Å². The van der Waals surface area contributed by atoms with Crippen LogP contribution in [0.3, 0.4) is 0 Å². The molecule has 0 bridgehead atoms. The normalized spacial score (nSPS) is 18.4. The molecule has 144 valence electrons. The molecule has 0 unspecified atom stereocenters. The highest BCUT2D eigenvalue weighted by Crippen LogP contribution is 2.21. The highest BCUT2D eigenvalue weighted by atomic mass is 16.5. The van der Waals surface area contributed by atoms with Crippen molar-refractivity contribution in [3.8, 4) is 11.5 Å². The molecule has 3 rings (SSSR count). The highest BCUT2D eigenvalue weighted by molar-refractivity contribution is 5.73. The topological polar surface area (TPSA) is 52.6 Å². The summed E-state index contributed by atoms with van der Waals surface area (Å²) in [5, 5.41) is 0. The molecule has 28 heavy (non-hydrogen) atoms. The van der Waals surface area contributed by atoms with Crippen molar-refractivity contribution in [2.75, 3.05) is 0 Å². The predicted molar refractivity (Wildman–Crippen MR) is 108 cm³/mol. The van der Waals surface area contributed by atoms with Gasteiger partial charge in [0.15, 0.2) is 0 Å². The smallest absolute Gasteiger partial charge is 0.311 e. The fourth-order valence-electron chi connectivity index (χ4n) is 2.95. The molecular weight excluding hydrogens is 352 g/mol. The summed E-state index contributed by atoms with van der Waals surface area (Å²) in [6.45, 7) is 0. The van der Waals surface area contributed by atoms with Crippen molar-refractivity contribution in [1.29, 1.82) is 0 Å². The second-order valence-corrected chi connectivity index (χ2v) is 6.59. The number of rotatable bonds is 0. The van der Waals surface area contributed by atoms with Gasteiger partial charge >= 0.3 is 11.9 Å². The van der Waals surface area contributed by atoms with Crippen molar-refractivity contribution in [1.82, 2.24) is 0 Å². The zero-order chi connectivity index (χ0) is 19.6. The van der Waals surface area contributed by atoms with E-state index in [4.69, 9.17) is 9.47 Å². The van der Waals surface area contributed by atoms with Gasteiger partial charge < -0.3 is 9.47 Å². The van der Waals surface area contributed by atoms with Crippen LogP contribution in [0.5, 0.6) is 11.5 Å². The Balaban J connectivity index is 1.75. The largest absolute Gasteiger partial charge is 0.426 e. The minimum Gasteiger partial charge on any atom is -0.426 e. The zero-order valence-electron chi connectivity index (χ0n) is 15.8. The Hall–Kier alpha value is -3.14. The summed E-state index contributed by atoms with van der Waals surface area (Å²) in [5.74, 6) is 0.708. The molecule has 1 aliphatic rings. The molecule has 0 saturated carbocycles. The molecule has 0 aliphatic carbocycles. The van der Waals surface area contributed by atoms with E-state index in [2.05, 4.69) is 0 Å². The standard InChI is InChI=1S/C24H24O4/c25-23-17-5-1-3-11-19-13-7-9-15-21(19)28-24(26)18-6-2-4-12-20-14-8-10-16-22(20)27-23/h1-4,7-10,13-16H,5-6,11-12,17-18H2/b3-1+,4-2+. The molecule has 0 atom stereocenters. The fraction of sp³-hybridized carbons (Fsp3) is 0.250. The van der Waals surface area contributed by atoms with Crippen LogP contribution in [0.4, 0.5) is 0 Å². The number of allylic oxidation sites excluding steroid dienone is 4. The lowest BCUT2D eigenvalue weighted by atomic mass is 10.1. The van der Waals surface area contributed by atoms with Crippen molar-refractivity contribution in [2.24, 2.45) is 0 Å². The number of benzene rings is 2. The van der Waals surface area contributed by atoms with E-state index in [1.165, 1.54) is 0 Å². The van der Waals surface area contributed by atoms with Gasteiger partial charge in [-0.25, -0.2) is 0 Å². The third-order valence-corrected chi connectivity index (χ3v) is 4.43. The lowest BCUT2D eigenvalue weighted by molar-refractivity contribution is -0.135. The maximum absolute atomic E-state index is 12.1. The number of carbonyl (C=O) groups excluding carboxylic acids is 2. The van der Waals surface area contributed by atoms with Gasteiger partial charge in [0, 0.05) is 12.8 Å². The zero-order valence-corrected chi connectivity index (χ0v) is 15.8. The van der Waals surface area contributed by atoms with Gasteiger partial charge in [-0.2, -0.15) is 0 Å². The number of ether oxygens (including phenoxy) is 2. The Bertz CT molecular complexity index is 806. The van der Waals surface area contributed by atoms with E-state index in [-0.39, 0.29) is 11.9 Å². The van der Waals surface area contributed by atoms with E-state index in [1.54, 1.807) is 0 Å². The molecule has 1 aliphatic heterocycles. The maximum atomic E-state index is 12.1. The molecule has 0 fully saturated rings. The molecule has 0 N–H and O–H groups in total. The van der Waals surface area contributed by atoms with E-state index >= 15 is 0 Å². The van der Waals surface area contributed by atoms with Gasteiger partial charge in [0.25, 0.3) is 0 Å². The molecule has 2 aromatic rings. The van der Waals surface area contributed by atoms with Crippen molar-refractivity contribution in [2.45, 2.75) is 38.5 Å². The summed E-state index contributed by atoms with van der Waals surface area (Å²) in [5.41, 5.74) is 1.89. The Morgan fingerprint density at radius 3 is 1.46 bits per heavy atom. The fourth-order valence-corrected chi connectivity index (χ4v) is 2.95. The van der Waals surface area contributed by atoms with Gasteiger partial charge in [-0.1, -0.05) is 60.7 Å². The van der Waals surface area contributed by atoms with Crippen molar-refractivity contribution >= 4 is 11.9 Å². The Labute approximate surface area is 165 Å². The lowest BCUT2D eigenvalue weighted by Crippen LogP contribution is -2.09. The Kier molecular flexibility index (Phi) is 7.19. The van der Waals surface area contributed by atoms with Crippen LogP contribution >= 0.6 is 0 Å². The van der Waals surface area contributed by atoms with E-state index in [0.29, 0.717) is 50.0 Å². The van der Waals surface area contributed by atoms with Gasteiger partial charge in [0.05, 0.1) is 0 Å². The number of hydrogen-bond donors (Lipinski definition) is 0. The first-order valence-corrected chi connectivity index (χ1v) is 9.59. The number of fused-ring (bicyclic) bond motifs is 2. The van der Waals surface area contributed by atoms with E-state index in [1.807, 2.05) is 72.8 Å². The van der Waals surface area contributed by atoms with Crippen LogP contribution in [0.15, 0.2) is 72.8 Å². The lowest BCUT2D eigenvalue weighted by Gasteiger charge is -2.09. The van der Waals surface area contributed by atoms with Crippen LogP contribution in [0.25, 0.3) is 0 Å². The molecule has 0 spiro atoms. The second kappa shape index (κ2) is 10.3. The molecule has 1 heterocycles. The third kappa shape index (κ3) is 5.95. The minimum absolute atomic E-state index is 0.239. The summed E-state index contributed by atoms with van der Waals surface area (Å²) in [7, 11) is 0. The third-order valence-electron chi connectivity index (χ3n) is 4.43. The van der Waals surface area contributed by atoms with Crippen LogP contribution in [0.1, 0.15) is 36.8 Å². The maximum Gasteiger partial charge on any atom is 0.311 e. The van der Waals surface area contributed by atoms with Crippen molar-refractivity contribution < 1.29 is 19.1 Å². The van der Waals surface area contributed by atoms with Gasteiger partial charge in [0.1, 0.15) is 11.5 Å². The minimum atomic E-state index is -0.239. The highest BCUT2D eigenvalue weighted by Gasteiger charge is 2.09. The molecular formula is C24H24O4. The van der Waals surface area contributed by atoms with Crippen molar-refractivity contribution in [3.05, 3.63) is 84.0 Å². The molecule has 0 radical (unpaired) electrons. The van der Waals surface area contributed by atoms with E-state index < -0.39 is 0 Å². The number of para-hydroxylation sites is 2. The first-order chi connectivity index (χ1) is 13.7. The van der Waals surface area contributed by atoms with Gasteiger partial charge in [-0.3, -0.25) is 9.59 Å². The molecule has 0 aromatic heterocycles. The quantitative estimate of drug-likeness (QED) is 0.370. The van der Waals surface area contributed by atoms with Gasteiger partial charge in [0.2, 0.25) is 0 Å². The molecule has 0 saturated heterocycles. The molecule has 0 amide bonds. The van der Waals surface area contributed by atoms with Crippen LogP contribution in [0, 0.1) is 0 Å². The molecule has 4 nitrogen and oxygen atoms in total. The first-order valence-electron chi connectivity index (χ1n) is 9.59. The average Bonchev–Trinajstić information content (AvgIpc) is 2.69. The SMILES string of the molecule is O=C1CC/C=C/Cc2ccccc2OC(=O)CC/C=C/Cc2ccccc2O1. The number of esters is 2. The second-order valence-electron chi connectivity index (χ2n) is 6.59. The number of hydrogen-bond acceptors (Lipinski definition) is 4. The summed E-state index contributed by atoms with van der Waals surface area (Å²) in [6, 6.07) is 15.1. The first kappa shape index (κ1) is 19.6. The number of carbonyl (C=O) groups is 2. The molecule has 2 aromatic carbocycles. The van der Waals surface area contributed by atoms with Crippen LogP contribution in [-0.4, -0.2) is 11.9 Å². The van der Waals surface area contributed by atoms with E-state index in [0.717, 1.165) is 11.1 Å². The predicted octanol–water partition coefficient (Wildman–Crippen LogP) is 4.97. The van der Waals surface area contributed by atoms with Gasteiger partial charge in [-0.15, -0.1) is 0 Å². The van der Waals surface area contributed by atoms with Crippen molar-refractivity contribution in [3.63, 3.8) is 0 Å². The monoisotopic (exact) mass is 376 g/mol. The van der Waals surface area contributed by atoms with Crippen LogP contribution < -0.4 is 9.47 Å². The Morgan fingerprint density at radius 1 is 0.571 bits per heavy atom. The molecule has 4 heteroatoms. The summed E-state index contributed by atoms with van der Waals surface area (Å²) < 4.78 is 11.1. The summed E-state index contributed by atoms with van der Waals surface area (Å²) >= 11 is 0. The van der Waals surface area contributed by atoms with E-state index in [9.17, 15) is 9.59 Å². The Morgan fingerprint density at radius 2 is 1.00 bits per heavy atom. The van der Waals surface area contributed by atoms with Crippen LogP contribution in [-0.2, 0) is 22.4 Å². The summed E-state index contributed by atoms with van der Waals surface area (Å²) in [6.07, 6.45) is 11.0. The average molecular weight is 376 g/mol.